The van der Waals surface area contributed by atoms with Crippen LogP contribution in [-0.4, -0.2) is 70.0 Å². The third kappa shape index (κ3) is 34.4. The van der Waals surface area contributed by atoms with Crippen molar-refractivity contribution in [1.29, 1.82) is 0 Å². The molecule has 47 heavy (non-hydrogen) atoms. The van der Waals surface area contributed by atoms with Gasteiger partial charge in [-0.25, -0.2) is 0 Å². The summed E-state index contributed by atoms with van der Waals surface area (Å²) in [5.41, 5.74) is 0. The second-order valence-corrected chi connectivity index (χ2v) is 15.4. The van der Waals surface area contributed by atoms with Gasteiger partial charge in [-0.05, 0) is 38.5 Å². The minimum atomic E-state index is -4.61. The summed E-state index contributed by atoms with van der Waals surface area (Å²) in [6.07, 6.45) is 28.1. The molecule has 0 aromatic rings. The van der Waals surface area contributed by atoms with Gasteiger partial charge in [0, 0.05) is 12.8 Å². The second kappa shape index (κ2) is 30.8. The Labute approximate surface area is 288 Å². The molecule has 0 rings (SSSR count). The van der Waals surface area contributed by atoms with Gasteiger partial charge >= 0.3 is 11.9 Å². The Kier molecular flexibility index (Phi) is 30.0. The maximum absolute atomic E-state index is 12.6. The lowest BCUT2D eigenvalue weighted by Gasteiger charge is -2.28. The van der Waals surface area contributed by atoms with Crippen molar-refractivity contribution in [3.63, 3.8) is 0 Å². The fourth-order valence-corrected chi connectivity index (χ4v) is 5.73. The zero-order valence-electron chi connectivity index (χ0n) is 31.0. The number of quaternary nitrogens is 1. The lowest BCUT2D eigenvalue weighted by atomic mass is 10.1. The van der Waals surface area contributed by atoms with Gasteiger partial charge in [-0.3, -0.25) is 14.2 Å². The van der Waals surface area contributed by atoms with Crippen LogP contribution in [0.4, 0.5) is 0 Å². The summed E-state index contributed by atoms with van der Waals surface area (Å²) < 4.78 is 33.7. The summed E-state index contributed by atoms with van der Waals surface area (Å²) >= 11 is 0. The van der Waals surface area contributed by atoms with Gasteiger partial charge < -0.3 is 27.9 Å². The quantitative estimate of drug-likeness (QED) is 0.0216. The number of hydrogen-bond donors (Lipinski definition) is 0. The number of carbonyl (C=O) groups is 2. The van der Waals surface area contributed by atoms with E-state index in [4.69, 9.17) is 18.5 Å². The fraction of sp³-hybridized carbons (Fsp3) is 0.892. The Bertz CT molecular complexity index is 830. The molecule has 0 saturated heterocycles. The first-order chi connectivity index (χ1) is 22.5. The van der Waals surface area contributed by atoms with Crippen LogP contribution in [0.5, 0.6) is 0 Å². The van der Waals surface area contributed by atoms with Crippen molar-refractivity contribution in [3.05, 3.63) is 12.2 Å². The number of phosphoric ester groups is 1. The van der Waals surface area contributed by atoms with E-state index in [9.17, 15) is 19.0 Å². The SMILES string of the molecule is CCCCCCC/C=C/CCCCCCCC(=O)O[C@H](COC(=O)CCCCCCCCCCC)COP(=O)([O-])OCC[N+](C)(C)C. The van der Waals surface area contributed by atoms with Gasteiger partial charge in [0.1, 0.15) is 19.8 Å². The summed E-state index contributed by atoms with van der Waals surface area (Å²) in [7, 11) is 1.16. The van der Waals surface area contributed by atoms with Crippen molar-refractivity contribution in [2.75, 3.05) is 47.5 Å². The highest BCUT2D eigenvalue weighted by Crippen LogP contribution is 2.38. The number of likely N-dealkylation sites (N-methyl/N-ethyl adjacent to an activating group) is 1. The Morgan fingerprint density at radius 2 is 1.09 bits per heavy atom. The normalized spacial score (nSPS) is 13.9. The molecule has 0 aliphatic carbocycles. The molecule has 0 spiro atoms. The highest BCUT2D eigenvalue weighted by atomic mass is 31.2. The van der Waals surface area contributed by atoms with Gasteiger partial charge in [0.25, 0.3) is 7.82 Å². The number of allylic oxidation sites excluding steroid dienone is 2. The maximum atomic E-state index is 12.6. The molecule has 0 aliphatic rings. The number of ether oxygens (including phenoxy) is 2. The molecule has 0 N–H and O–H groups in total. The second-order valence-electron chi connectivity index (χ2n) is 13.9. The van der Waals surface area contributed by atoms with Crippen LogP contribution in [0.3, 0.4) is 0 Å². The number of phosphoric acid groups is 1. The molecule has 9 nitrogen and oxygen atoms in total. The van der Waals surface area contributed by atoms with E-state index >= 15 is 0 Å². The summed E-state index contributed by atoms with van der Waals surface area (Å²) in [6.45, 7) is 4.17. The summed E-state index contributed by atoms with van der Waals surface area (Å²) in [5.74, 6) is -0.845. The maximum Gasteiger partial charge on any atom is 0.306 e. The molecule has 0 aliphatic heterocycles. The van der Waals surface area contributed by atoms with E-state index < -0.39 is 26.5 Å². The van der Waals surface area contributed by atoms with Crippen LogP contribution in [0.15, 0.2) is 12.2 Å². The monoisotopic (exact) mass is 689 g/mol. The third-order valence-corrected chi connectivity index (χ3v) is 9.00. The first-order valence-electron chi connectivity index (χ1n) is 18.9. The summed E-state index contributed by atoms with van der Waals surface area (Å²) in [4.78, 5) is 37.2. The van der Waals surface area contributed by atoms with Crippen molar-refractivity contribution in [2.24, 2.45) is 0 Å². The highest BCUT2D eigenvalue weighted by Gasteiger charge is 2.21. The van der Waals surface area contributed by atoms with Crippen molar-refractivity contribution < 1.29 is 42.1 Å². The molecule has 1 unspecified atom stereocenters. The standard InChI is InChI=1S/C37H72NO8P/c1-6-8-10-12-14-16-17-18-19-20-22-24-26-28-30-37(40)46-35(34-45-47(41,42)44-32-31-38(3,4)5)33-43-36(39)29-27-25-23-21-15-13-11-9-7-2/h17-18,35H,6-16,19-34H2,1-5H3/b18-17+/t35-/m1/s1. The van der Waals surface area contributed by atoms with Crippen LogP contribution in [0.2, 0.25) is 0 Å². The molecular weight excluding hydrogens is 617 g/mol. The summed E-state index contributed by atoms with van der Waals surface area (Å²) in [5, 5.41) is 0. The van der Waals surface area contributed by atoms with Gasteiger partial charge in [0.2, 0.25) is 0 Å². The largest absolute Gasteiger partial charge is 0.756 e. The smallest absolute Gasteiger partial charge is 0.306 e. The van der Waals surface area contributed by atoms with Gasteiger partial charge in [-0.15, -0.1) is 0 Å². The molecule has 2 atom stereocenters. The minimum Gasteiger partial charge on any atom is -0.756 e. The molecule has 0 radical (unpaired) electrons. The van der Waals surface area contributed by atoms with E-state index in [1.54, 1.807) is 0 Å². The average molecular weight is 690 g/mol. The summed E-state index contributed by atoms with van der Waals surface area (Å²) in [6, 6.07) is 0. The Morgan fingerprint density at radius 1 is 0.638 bits per heavy atom. The first kappa shape index (κ1) is 45.8. The molecule has 0 aromatic heterocycles. The van der Waals surface area contributed by atoms with Crippen LogP contribution in [0.25, 0.3) is 0 Å². The van der Waals surface area contributed by atoms with Gasteiger partial charge in [-0.2, -0.15) is 0 Å². The Balaban J connectivity index is 4.44. The van der Waals surface area contributed by atoms with E-state index in [1.807, 2.05) is 21.1 Å². The number of carbonyl (C=O) groups excluding carboxylic acids is 2. The van der Waals surface area contributed by atoms with Crippen LogP contribution in [0.1, 0.15) is 162 Å². The predicted molar refractivity (Wildman–Crippen MR) is 190 cm³/mol. The zero-order chi connectivity index (χ0) is 35.1. The molecule has 0 aromatic carbocycles. The lowest BCUT2D eigenvalue weighted by molar-refractivity contribution is -0.870. The fourth-order valence-electron chi connectivity index (χ4n) is 5.00. The Hall–Kier alpha value is -1.25. The Morgan fingerprint density at radius 3 is 1.57 bits per heavy atom. The van der Waals surface area contributed by atoms with E-state index in [1.165, 1.54) is 77.0 Å². The van der Waals surface area contributed by atoms with Crippen LogP contribution in [0, 0.1) is 0 Å². The molecule has 0 heterocycles. The van der Waals surface area contributed by atoms with Gasteiger partial charge in [0.15, 0.2) is 6.10 Å². The zero-order valence-corrected chi connectivity index (χ0v) is 31.9. The number of esters is 2. The number of hydrogen-bond acceptors (Lipinski definition) is 8. The van der Waals surface area contributed by atoms with Crippen LogP contribution >= 0.6 is 7.82 Å². The van der Waals surface area contributed by atoms with Crippen LogP contribution in [-0.2, 0) is 32.7 Å². The van der Waals surface area contributed by atoms with Crippen molar-refractivity contribution >= 4 is 19.8 Å². The molecule has 0 amide bonds. The average Bonchev–Trinajstić information content (AvgIpc) is 3.01. The van der Waals surface area contributed by atoms with Crippen molar-refractivity contribution in [1.82, 2.24) is 0 Å². The predicted octanol–water partition coefficient (Wildman–Crippen LogP) is 9.22. The van der Waals surface area contributed by atoms with Gasteiger partial charge in [0.05, 0.1) is 27.7 Å². The first-order valence-corrected chi connectivity index (χ1v) is 20.4. The highest BCUT2D eigenvalue weighted by molar-refractivity contribution is 7.45. The van der Waals surface area contributed by atoms with E-state index in [0.29, 0.717) is 17.4 Å². The molecule has 0 saturated carbocycles. The third-order valence-electron chi connectivity index (χ3n) is 8.04. The number of unbranched alkanes of at least 4 members (excludes halogenated alkanes) is 18. The van der Waals surface area contributed by atoms with E-state index in [2.05, 4.69) is 26.0 Å². The van der Waals surface area contributed by atoms with E-state index in [-0.39, 0.29) is 32.0 Å². The lowest BCUT2D eigenvalue weighted by Crippen LogP contribution is -2.37. The van der Waals surface area contributed by atoms with Crippen LogP contribution < -0.4 is 4.89 Å². The minimum absolute atomic E-state index is 0.0299. The van der Waals surface area contributed by atoms with Crippen molar-refractivity contribution in [2.45, 2.75) is 168 Å². The topological polar surface area (TPSA) is 111 Å². The molecule has 0 fully saturated rings. The molecule has 10 heteroatoms. The molecule has 0 bridgehead atoms. The van der Waals surface area contributed by atoms with E-state index in [0.717, 1.165) is 51.4 Å². The number of nitrogens with zero attached hydrogens (tertiary/aromatic N) is 1. The number of rotatable bonds is 34. The van der Waals surface area contributed by atoms with Gasteiger partial charge in [-0.1, -0.05) is 122 Å². The molecule has 278 valence electrons. The van der Waals surface area contributed by atoms with Crippen molar-refractivity contribution in [3.8, 4) is 0 Å². The molecular formula is C37H72NO8P.